The summed E-state index contributed by atoms with van der Waals surface area (Å²) in [5.41, 5.74) is 0.906. The Labute approximate surface area is 72.4 Å². The van der Waals surface area contributed by atoms with E-state index in [9.17, 15) is 0 Å². The van der Waals surface area contributed by atoms with E-state index in [0.29, 0.717) is 10.8 Å². The lowest BCUT2D eigenvalue weighted by Gasteiger charge is -2.45. The Balaban J connectivity index is 4.61. The van der Waals surface area contributed by atoms with E-state index in [4.69, 9.17) is 0 Å². The molecule has 0 fully saturated rings. The highest BCUT2D eigenvalue weighted by Crippen LogP contribution is 2.46. The predicted molar refractivity (Wildman–Crippen MR) is 52.7 cm³/mol. The normalized spacial score (nSPS) is 18.5. The van der Waals surface area contributed by atoms with Gasteiger partial charge in [0.15, 0.2) is 0 Å². The van der Waals surface area contributed by atoms with E-state index in [1.54, 1.807) is 0 Å². The molecule has 0 N–H and O–H groups in total. The lowest BCUT2D eigenvalue weighted by atomic mass is 9.60. The van der Waals surface area contributed by atoms with Crippen LogP contribution in [0, 0.1) is 16.7 Å². The van der Waals surface area contributed by atoms with Crippen LogP contribution in [-0.4, -0.2) is 0 Å². The second kappa shape index (κ2) is 3.16. The summed E-state index contributed by atoms with van der Waals surface area (Å²) in [6.07, 6.45) is 1.27. The van der Waals surface area contributed by atoms with Gasteiger partial charge in [-0.3, -0.25) is 0 Å². The fourth-order valence-electron chi connectivity index (χ4n) is 1.80. The van der Waals surface area contributed by atoms with Crippen LogP contribution in [0.1, 0.15) is 54.9 Å². The van der Waals surface area contributed by atoms with E-state index in [1.807, 2.05) is 0 Å². The summed E-state index contributed by atoms with van der Waals surface area (Å²) in [6, 6.07) is 0. The standard InChI is InChI=1S/C11H24/c1-8-11(7,9(2)3)10(4,5)6/h9H,8H2,1-7H3/t11-/m1/s1. The Morgan fingerprint density at radius 3 is 1.36 bits per heavy atom. The van der Waals surface area contributed by atoms with Crippen molar-refractivity contribution in [2.45, 2.75) is 54.9 Å². The van der Waals surface area contributed by atoms with Gasteiger partial charge in [0, 0.05) is 0 Å². The molecule has 0 aliphatic heterocycles. The molecule has 0 heterocycles. The maximum atomic E-state index is 2.40. The molecule has 0 heteroatoms. The third-order valence-corrected chi connectivity index (χ3v) is 3.72. The van der Waals surface area contributed by atoms with E-state index in [0.717, 1.165) is 5.92 Å². The third-order valence-electron chi connectivity index (χ3n) is 3.72. The van der Waals surface area contributed by atoms with Gasteiger partial charge in [-0.25, -0.2) is 0 Å². The molecule has 0 rings (SSSR count). The summed E-state index contributed by atoms with van der Waals surface area (Å²) in [7, 11) is 0. The minimum atomic E-state index is 0.427. The van der Waals surface area contributed by atoms with E-state index in [-0.39, 0.29) is 0 Å². The first-order valence-electron chi connectivity index (χ1n) is 4.75. The Hall–Kier alpha value is 0. The summed E-state index contributed by atoms with van der Waals surface area (Å²) in [4.78, 5) is 0. The smallest absolute Gasteiger partial charge is 0.0257 e. The molecule has 0 aromatic rings. The molecular formula is C11H24. The van der Waals surface area contributed by atoms with Gasteiger partial charge in [-0.2, -0.15) is 0 Å². The van der Waals surface area contributed by atoms with Crippen LogP contribution in [0.15, 0.2) is 0 Å². The van der Waals surface area contributed by atoms with Crippen LogP contribution >= 0.6 is 0 Å². The largest absolute Gasteiger partial charge is 0.0648 e. The Morgan fingerprint density at radius 1 is 1.00 bits per heavy atom. The molecule has 0 aliphatic rings. The molecule has 1 atom stereocenters. The molecular weight excluding hydrogens is 132 g/mol. The number of hydrogen-bond acceptors (Lipinski definition) is 0. The predicted octanol–water partition coefficient (Wildman–Crippen LogP) is 4.10. The fourth-order valence-corrected chi connectivity index (χ4v) is 1.80. The molecule has 0 nitrogen and oxygen atoms in total. The molecule has 0 saturated carbocycles. The zero-order chi connectivity index (χ0) is 9.28. The summed E-state index contributed by atoms with van der Waals surface area (Å²) in [6.45, 7) is 16.4. The van der Waals surface area contributed by atoms with Crippen LogP contribution < -0.4 is 0 Å². The molecule has 0 aromatic heterocycles. The van der Waals surface area contributed by atoms with Gasteiger partial charge in [-0.15, -0.1) is 0 Å². The SMILES string of the molecule is CC[C@](C)(C(C)C)C(C)(C)C. The Morgan fingerprint density at radius 2 is 1.36 bits per heavy atom. The van der Waals surface area contributed by atoms with Gasteiger partial charge >= 0.3 is 0 Å². The van der Waals surface area contributed by atoms with Crippen molar-refractivity contribution in [3.05, 3.63) is 0 Å². The molecule has 11 heavy (non-hydrogen) atoms. The van der Waals surface area contributed by atoms with Gasteiger partial charge < -0.3 is 0 Å². The molecule has 68 valence electrons. The summed E-state index contributed by atoms with van der Waals surface area (Å²) in [5, 5.41) is 0. The van der Waals surface area contributed by atoms with Crippen molar-refractivity contribution >= 4 is 0 Å². The van der Waals surface area contributed by atoms with Crippen LogP contribution in [0.4, 0.5) is 0 Å². The maximum absolute atomic E-state index is 2.40. The molecule has 0 spiro atoms. The van der Waals surface area contributed by atoms with Crippen LogP contribution in [0.5, 0.6) is 0 Å². The average Bonchev–Trinajstić information content (AvgIpc) is 1.83. The molecule has 0 aliphatic carbocycles. The van der Waals surface area contributed by atoms with Gasteiger partial charge in [0.1, 0.15) is 0 Å². The van der Waals surface area contributed by atoms with Gasteiger partial charge in [0.2, 0.25) is 0 Å². The topological polar surface area (TPSA) is 0 Å². The van der Waals surface area contributed by atoms with Crippen molar-refractivity contribution in [1.29, 1.82) is 0 Å². The highest BCUT2D eigenvalue weighted by atomic mass is 14.4. The molecule has 0 saturated heterocycles. The van der Waals surface area contributed by atoms with Crippen LogP contribution in [0.25, 0.3) is 0 Å². The van der Waals surface area contributed by atoms with Crippen LogP contribution in [-0.2, 0) is 0 Å². The first-order valence-corrected chi connectivity index (χ1v) is 4.75. The highest BCUT2D eigenvalue weighted by Gasteiger charge is 2.38. The summed E-state index contributed by atoms with van der Waals surface area (Å²) >= 11 is 0. The highest BCUT2D eigenvalue weighted by molar-refractivity contribution is 4.87. The molecule has 0 aromatic carbocycles. The first kappa shape index (κ1) is 11.0. The van der Waals surface area contributed by atoms with E-state index in [1.165, 1.54) is 6.42 Å². The zero-order valence-electron chi connectivity index (χ0n) is 9.28. The van der Waals surface area contributed by atoms with Crippen molar-refractivity contribution in [2.24, 2.45) is 16.7 Å². The second-order valence-electron chi connectivity index (χ2n) is 5.18. The quantitative estimate of drug-likeness (QED) is 0.564. The summed E-state index contributed by atoms with van der Waals surface area (Å²) in [5.74, 6) is 0.771. The van der Waals surface area contributed by atoms with Crippen molar-refractivity contribution in [1.82, 2.24) is 0 Å². The Kier molecular flexibility index (Phi) is 3.16. The first-order chi connectivity index (χ1) is 4.75. The van der Waals surface area contributed by atoms with Gasteiger partial charge in [0.05, 0.1) is 0 Å². The van der Waals surface area contributed by atoms with Crippen molar-refractivity contribution in [3.8, 4) is 0 Å². The molecule has 0 radical (unpaired) electrons. The fraction of sp³-hybridized carbons (Fsp3) is 1.00. The number of rotatable bonds is 2. The lowest BCUT2D eigenvalue weighted by molar-refractivity contribution is 0.0471. The monoisotopic (exact) mass is 156 g/mol. The van der Waals surface area contributed by atoms with Crippen LogP contribution in [0.3, 0.4) is 0 Å². The second-order valence-corrected chi connectivity index (χ2v) is 5.18. The van der Waals surface area contributed by atoms with Gasteiger partial charge in [-0.1, -0.05) is 48.5 Å². The molecule has 0 amide bonds. The zero-order valence-corrected chi connectivity index (χ0v) is 9.28. The Bertz CT molecular complexity index is 116. The lowest BCUT2D eigenvalue weighted by Crippen LogP contribution is -2.36. The van der Waals surface area contributed by atoms with E-state index < -0.39 is 0 Å². The minimum Gasteiger partial charge on any atom is -0.0648 e. The van der Waals surface area contributed by atoms with E-state index in [2.05, 4.69) is 48.5 Å². The summed E-state index contributed by atoms with van der Waals surface area (Å²) < 4.78 is 0. The molecule has 0 unspecified atom stereocenters. The minimum absolute atomic E-state index is 0.427. The average molecular weight is 156 g/mol. The van der Waals surface area contributed by atoms with Gasteiger partial charge in [0.25, 0.3) is 0 Å². The van der Waals surface area contributed by atoms with Crippen LogP contribution in [0.2, 0.25) is 0 Å². The van der Waals surface area contributed by atoms with Crippen molar-refractivity contribution < 1.29 is 0 Å². The van der Waals surface area contributed by atoms with E-state index >= 15 is 0 Å². The molecule has 0 bridgehead atoms. The van der Waals surface area contributed by atoms with Crippen molar-refractivity contribution in [3.63, 3.8) is 0 Å². The van der Waals surface area contributed by atoms with Gasteiger partial charge in [-0.05, 0) is 23.2 Å². The third kappa shape index (κ3) is 1.98. The van der Waals surface area contributed by atoms with Crippen molar-refractivity contribution in [2.75, 3.05) is 0 Å². The number of hydrogen-bond donors (Lipinski definition) is 0. The maximum Gasteiger partial charge on any atom is -0.0257 e.